The molecule has 20 heavy (non-hydrogen) atoms. The first-order valence-electron chi connectivity index (χ1n) is 5.23. The van der Waals surface area contributed by atoms with E-state index in [1.54, 1.807) is 6.92 Å². The molecule has 0 unspecified atom stereocenters. The molecule has 0 aliphatic heterocycles. The van der Waals surface area contributed by atoms with Gasteiger partial charge in [-0.2, -0.15) is 18.3 Å². The zero-order chi connectivity index (χ0) is 15.1. The molecule has 2 aromatic rings. The van der Waals surface area contributed by atoms with Gasteiger partial charge in [0.15, 0.2) is 0 Å². The molecule has 0 bridgehead atoms. The highest BCUT2D eigenvalue weighted by Crippen LogP contribution is 2.36. The lowest BCUT2D eigenvalue weighted by Crippen LogP contribution is -2.15. The minimum atomic E-state index is -4.84. The summed E-state index contributed by atoms with van der Waals surface area (Å²) in [6.07, 6.45) is -3.63. The molecule has 1 heterocycles. The standard InChI is InChI=1S/C11H7ClF3N3O2/c1-5-16-4-18(17-5)6-2-7(11(13,14)15)9(10(19)20)8(12)3-6/h2-4H,1H3,(H,19,20). The second-order valence-electron chi connectivity index (χ2n) is 3.89. The van der Waals surface area contributed by atoms with Gasteiger partial charge in [0.05, 0.1) is 21.8 Å². The van der Waals surface area contributed by atoms with Gasteiger partial charge in [0.25, 0.3) is 0 Å². The van der Waals surface area contributed by atoms with Crippen molar-refractivity contribution in [2.24, 2.45) is 0 Å². The van der Waals surface area contributed by atoms with Gasteiger partial charge in [-0.05, 0) is 19.1 Å². The van der Waals surface area contributed by atoms with E-state index >= 15 is 0 Å². The summed E-state index contributed by atoms with van der Waals surface area (Å²) in [4.78, 5) is 14.7. The van der Waals surface area contributed by atoms with Crippen molar-refractivity contribution in [1.29, 1.82) is 0 Å². The Morgan fingerprint density at radius 3 is 2.50 bits per heavy atom. The van der Waals surface area contributed by atoms with E-state index in [2.05, 4.69) is 10.1 Å². The molecule has 106 valence electrons. The van der Waals surface area contributed by atoms with Crippen LogP contribution < -0.4 is 0 Å². The van der Waals surface area contributed by atoms with Crippen LogP contribution in [0.15, 0.2) is 18.5 Å². The SMILES string of the molecule is Cc1ncn(-c2cc(Cl)c(C(=O)O)c(C(F)(F)F)c2)n1. The number of aryl methyl sites for hydroxylation is 1. The molecular formula is C11H7ClF3N3O2. The quantitative estimate of drug-likeness (QED) is 0.926. The molecule has 2 rings (SSSR count). The highest BCUT2D eigenvalue weighted by atomic mass is 35.5. The number of carboxylic acid groups (broad SMARTS) is 1. The molecule has 0 fully saturated rings. The average Bonchev–Trinajstić information content (AvgIpc) is 2.73. The van der Waals surface area contributed by atoms with Crippen LogP contribution in [0.4, 0.5) is 13.2 Å². The van der Waals surface area contributed by atoms with Gasteiger partial charge in [0.1, 0.15) is 12.2 Å². The summed E-state index contributed by atoms with van der Waals surface area (Å²) in [7, 11) is 0. The van der Waals surface area contributed by atoms with Crippen LogP contribution in [0, 0.1) is 6.92 Å². The number of alkyl halides is 3. The first kappa shape index (κ1) is 14.3. The first-order valence-corrected chi connectivity index (χ1v) is 5.60. The molecule has 9 heteroatoms. The van der Waals surface area contributed by atoms with Gasteiger partial charge in [-0.3, -0.25) is 0 Å². The molecule has 0 amide bonds. The number of carboxylic acids is 1. The number of halogens is 4. The average molecular weight is 306 g/mol. The van der Waals surface area contributed by atoms with Crippen molar-refractivity contribution in [3.63, 3.8) is 0 Å². The van der Waals surface area contributed by atoms with E-state index in [4.69, 9.17) is 16.7 Å². The minimum absolute atomic E-state index is 0.0204. The highest BCUT2D eigenvalue weighted by molar-refractivity contribution is 6.34. The highest BCUT2D eigenvalue weighted by Gasteiger charge is 2.37. The van der Waals surface area contributed by atoms with E-state index in [0.29, 0.717) is 11.9 Å². The van der Waals surface area contributed by atoms with Crippen molar-refractivity contribution in [3.8, 4) is 5.69 Å². The molecule has 0 spiro atoms. The van der Waals surface area contributed by atoms with Crippen LogP contribution in [-0.2, 0) is 6.18 Å². The summed E-state index contributed by atoms with van der Waals surface area (Å²) in [5.74, 6) is -1.39. The third-order valence-electron chi connectivity index (χ3n) is 2.47. The maximum Gasteiger partial charge on any atom is 0.417 e. The number of rotatable bonds is 2. The lowest BCUT2D eigenvalue weighted by Gasteiger charge is -2.13. The summed E-state index contributed by atoms with van der Waals surface area (Å²) in [5, 5.41) is 12.2. The van der Waals surface area contributed by atoms with Gasteiger partial charge in [0.2, 0.25) is 0 Å². The Labute approximate surface area is 115 Å². The number of nitrogens with zero attached hydrogens (tertiary/aromatic N) is 3. The van der Waals surface area contributed by atoms with Gasteiger partial charge in [-0.25, -0.2) is 14.5 Å². The van der Waals surface area contributed by atoms with Crippen molar-refractivity contribution in [2.75, 3.05) is 0 Å². The second kappa shape index (κ2) is 4.78. The Balaban J connectivity index is 2.70. The molecule has 1 aromatic heterocycles. The van der Waals surface area contributed by atoms with Crippen molar-refractivity contribution in [3.05, 3.63) is 40.4 Å². The van der Waals surface area contributed by atoms with Crippen LogP contribution in [0.2, 0.25) is 5.02 Å². The van der Waals surface area contributed by atoms with Crippen LogP contribution in [0.1, 0.15) is 21.7 Å². The number of benzene rings is 1. The number of hydrogen-bond acceptors (Lipinski definition) is 3. The van der Waals surface area contributed by atoms with Gasteiger partial charge in [-0.1, -0.05) is 11.6 Å². The molecule has 1 aromatic carbocycles. The Morgan fingerprint density at radius 2 is 2.05 bits per heavy atom. The molecular weight excluding hydrogens is 299 g/mol. The third kappa shape index (κ3) is 2.60. The maximum atomic E-state index is 12.9. The zero-order valence-corrected chi connectivity index (χ0v) is 10.7. The van der Waals surface area contributed by atoms with Crippen molar-refractivity contribution >= 4 is 17.6 Å². The summed E-state index contributed by atoms with van der Waals surface area (Å²) >= 11 is 5.65. The zero-order valence-electron chi connectivity index (χ0n) is 9.94. The summed E-state index contributed by atoms with van der Waals surface area (Å²) in [6.45, 7) is 1.56. The number of carbonyl (C=O) groups is 1. The smallest absolute Gasteiger partial charge is 0.417 e. The molecule has 0 radical (unpaired) electrons. The van der Waals surface area contributed by atoms with Gasteiger partial charge < -0.3 is 5.11 Å². The normalized spacial score (nSPS) is 11.7. The molecule has 0 atom stereocenters. The van der Waals surface area contributed by atoms with E-state index in [9.17, 15) is 18.0 Å². The monoisotopic (exact) mass is 305 g/mol. The Bertz CT molecular complexity index is 682. The van der Waals surface area contributed by atoms with Crippen LogP contribution in [0.3, 0.4) is 0 Å². The van der Waals surface area contributed by atoms with E-state index in [1.165, 1.54) is 6.33 Å². The largest absolute Gasteiger partial charge is 0.478 e. The summed E-state index contributed by atoms with van der Waals surface area (Å²) < 4.78 is 39.9. The van der Waals surface area contributed by atoms with E-state index in [1.807, 2.05) is 0 Å². The van der Waals surface area contributed by atoms with Crippen molar-refractivity contribution < 1.29 is 23.1 Å². The van der Waals surface area contributed by atoms with E-state index in [0.717, 1.165) is 10.7 Å². The lowest BCUT2D eigenvalue weighted by molar-refractivity contribution is -0.138. The fourth-order valence-corrected chi connectivity index (χ4v) is 1.93. The molecule has 0 aliphatic carbocycles. The minimum Gasteiger partial charge on any atom is -0.478 e. The molecule has 5 nitrogen and oxygen atoms in total. The fourth-order valence-electron chi connectivity index (χ4n) is 1.64. The number of aromatic carboxylic acids is 1. The van der Waals surface area contributed by atoms with Crippen molar-refractivity contribution in [1.82, 2.24) is 14.8 Å². The molecule has 0 saturated heterocycles. The number of aromatic nitrogens is 3. The van der Waals surface area contributed by atoms with Crippen LogP contribution >= 0.6 is 11.6 Å². The first-order chi connectivity index (χ1) is 9.20. The number of hydrogen-bond donors (Lipinski definition) is 1. The van der Waals surface area contributed by atoms with E-state index < -0.39 is 28.3 Å². The van der Waals surface area contributed by atoms with Crippen molar-refractivity contribution in [2.45, 2.75) is 13.1 Å². The van der Waals surface area contributed by atoms with Crippen LogP contribution in [0.5, 0.6) is 0 Å². The van der Waals surface area contributed by atoms with Gasteiger partial charge >= 0.3 is 12.1 Å². The molecule has 0 saturated carbocycles. The topological polar surface area (TPSA) is 68.0 Å². The second-order valence-corrected chi connectivity index (χ2v) is 4.30. The predicted octanol–water partition coefficient (Wildman–Crippen LogP) is 2.95. The Morgan fingerprint density at radius 1 is 1.40 bits per heavy atom. The van der Waals surface area contributed by atoms with Crippen LogP contribution in [-0.4, -0.2) is 25.8 Å². The predicted molar refractivity (Wildman–Crippen MR) is 63.1 cm³/mol. The Hall–Kier alpha value is -2.09. The maximum absolute atomic E-state index is 12.9. The lowest BCUT2D eigenvalue weighted by atomic mass is 10.1. The van der Waals surface area contributed by atoms with Gasteiger partial charge in [0, 0.05) is 0 Å². The Kier molecular flexibility index (Phi) is 3.43. The van der Waals surface area contributed by atoms with E-state index in [-0.39, 0.29) is 5.69 Å². The van der Waals surface area contributed by atoms with Gasteiger partial charge in [-0.15, -0.1) is 0 Å². The van der Waals surface area contributed by atoms with Crippen LogP contribution in [0.25, 0.3) is 5.69 Å². The fraction of sp³-hybridized carbons (Fsp3) is 0.182. The summed E-state index contributed by atoms with van der Waals surface area (Å²) in [5.41, 5.74) is -2.34. The molecule has 1 N–H and O–H groups in total. The summed E-state index contributed by atoms with van der Waals surface area (Å²) in [6, 6.07) is 1.76. The molecule has 0 aliphatic rings. The third-order valence-corrected chi connectivity index (χ3v) is 2.76.